The molecule has 0 aliphatic heterocycles. The van der Waals surface area contributed by atoms with E-state index in [1.807, 2.05) is 48.5 Å². The first kappa shape index (κ1) is 21.2. The maximum Gasteiger partial charge on any atom is 0.322 e. The summed E-state index contributed by atoms with van der Waals surface area (Å²) in [4.78, 5) is 14.6. The van der Waals surface area contributed by atoms with Crippen molar-refractivity contribution in [2.24, 2.45) is 0 Å². The van der Waals surface area contributed by atoms with Crippen LogP contribution in [-0.2, 0) is 19.7 Å². The molecule has 0 saturated carbocycles. The quantitative estimate of drug-likeness (QED) is 0.292. The zero-order chi connectivity index (χ0) is 19.0. The van der Waals surface area contributed by atoms with E-state index in [1.165, 1.54) is 0 Å². The van der Waals surface area contributed by atoms with Gasteiger partial charge in [0.2, 0.25) is 0 Å². The van der Waals surface area contributed by atoms with Crippen LogP contribution in [0.1, 0.15) is 11.1 Å². The molecule has 0 radical (unpaired) electrons. The lowest BCUT2D eigenvalue weighted by molar-refractivity contribution is -0.149. The predicted molar refractivity (Wildman–Crippen MR) is 111 cm³/mol. The van der Waals surface area contributed by atoms with E-state index in [-0.39, 0.29) is 32.2 Å². The summed E-state index contributed by atoms with van der Waals surface area (Å²) in [7, 11) is 0. The number of ether oxygens (including phenoxy) is 2. The minimum atomic E-state index is -1.09. The molecule has 0 aliphatic carbocycles. The van der Waals surface area contributed by atoms with Crippen LogP contribution in [0.15, 0.2) is 58.3 Å². The van der Waals surface area contributed by atoms with Crippen molar-refractivity contribution in [3.05, 3.63) is 59.7 Å². The Morgan fingerprint density at radius 3 is 2.00 bits per heavy atom. The van der Waals surface area contributed by atoms with Crippen molar-refractivity contribution in [2.75, 3.05) is 32.2 Å². The third-order valence-corrected chi connectivity index (χ3v) is 4.99. The normalized spacial score (nSPS) is 11.4. The van der Waals surface area contributed by atoms with E-state index in [0.717, 1.165) is 20.9 Å². The molecule has 0 saturated heterocycles. The number of carbonyl (C=O) groups is 1. The topological polar surface area (TPSA) is 55.8 Å². The Morgan fingerprint density at radius 2 is 1.54 bits per heavy atom. The van der Waals surface area contributed by atoms with E-state index >= 15 is 0 Å². The van der Waals surface area contributed by atoms with Crippen molar-refractivity contribution < 1.29 is 19.4 Å². The molecule has 7 heteroatoms. The number of hydrogen-bond acceptors (Lipinski definition) is 7. The summed E-state index contributed by atoms with van der Waals surface area (Å²) in [5.74, 6) is -0.199. The molecular weight excluding hydrogens is 388 g/mol. The van der Waals surface area contributed by atoms with Gasteiger partial charge in [-0.1, -0.05) is 24.3 Å². The summed E-state index contributed by atoms with van der Waals surface area (Å²) in [5, 5.41) is 8.73. The number of esters is 1. The van der Waals surface area contributed by atoms with E-state index < -0.39 is 11.4 Å². The molecule has 0 atom stereocenters. The van der Waals surface area contributed by atoms with Crippen LogP contribution in [0, 0.1) is 0 Å². The van der Waals surface area contributed by atoms with E-state index in [2.05, 4.69) is 37.9 Å². The molecule has 0 fully saturated rings. The summed E-state index contributed by atoms with van der Waals surface area (Å²) >= 11 is 13.3. The summed E-state index contributed by atoms with van der Waals surface area (Å²) < 4.78 is 10.6. The largest absolute Gasteiger partial charge is 0.462 e. The summed E-state index contributed by atoms with van der Waals surface area (Å²) in [5.41, 5.74) is 0.415. The first-order valence-corrected chi connectivity index (χ1v) is 9.63. The highest BCUT2D eigenvalue weighted by molar-refractivity contribution is 7.80. The van der Waals surface area contributed by atoms with Gasteiger partial charge in [-0.25, -0.2) is 0 Å². The number of hydrogen-bond donors (Lipinski definition) is 4. The molecule has 0 bridgehead atoms. The minimum absolute atomic E-state index is 0.0714. The van der Waals surface area contributed by atoms with Crippen molar-refractivity contribution in [3.63, 3.8) is 0 Å². The Hall–Kier alpha value is -1.12. The first-order chi connectivity index (χ1) is 12.5. The number of rotatable bonds is 9. The zero-order valence-corrected chi connectivity index (χ0v) is 16.9. The Kier molecular flexibility index (Phi) is 8.37. The maximum absolute atomic E-state index is 13.1. The Morgan fingerprint density at radius 1 is 0.962 bits per heavy atom. The molecule has 26 heavy (non-hydrogen) atoms. The maximum atomic E-state index is 13.1. The predicted octanol–water partition coefficient (Wildman–Crippen LogP) is 3.03. The van der Waals surface area contributed by atoms with Gasteiger partial charge in [-0.15, -0.1) is 25.3 Å². The van der Waals surface area contributed by atoms with Crippen LogP contribution in [0.3, 0.4) is 0 Å². The molecule has 0 amide bonds. The van der Waals surface area contributed by atoms with Crippen molar-refractivity contribution in [1.29, 1.82) is 0 Å². The van der Waals surface area contributed by atoms with Crippen LogP contribution < -0.4 is 0 Å². The van der Waals surface area contributed by atoms with Crippen LogP contribution >= 0.6 is 37.9 Å². The third-order valence-electron chi connectivity index (χ3n) is 3.96. The molecule has 2 rings (SSSR count). The SMILES string of the molecule is O=C(OCCOCCO)C(CS)(c1cccc(S)c1)c1cccc(S)c1. The van der Waals surface area contributed by atoms with Gasteiger partial charge in [0.25, 0.3) is 0 Å². The third kappa shape index (κ3) is 4.98. The van der Waals surface area contributed by atoms with Crippen molar-refractivity contribution in [3.8, 4) is 0 Å². The number of carbonyl (C=O) groups excluding carboxylic acids is 1. The monoisotopic (exact) mass is 410 g/mol. The number of aliphatic hydroxyl groups excluding tert-OH is 1. The smallest absolute Gasteiger partial charge is 0.322 e. The summed E-state index contributed by atoms with van der Waals surface area (Å²) in [6.07, 6.45) is 0. The van der Waals surface area contributed by atoms with Crippen molar-refractivity contribution in [1.82, 2.24) is 0 Å². The van der Waals surface area contributed by atoms with E-state index in [4.69, 9.17) is 14.6 Å². The van der Waals surface area contributed by atoms with Crippen molar-refractivity contribution >= 4 is 43.9 Å². The number of benzene rings is 2. The molecule has 0 aliphatic rings. The average Bonchev–Trinajstić information content (AvgIpc) is 2.63. The summed E-state index contributed by atoms with van der Waals surface area (Å²) in [6, 6.07) is 14.8. The fourth-order valence-corrected chi connectivity index (χ4v) is 3.62. The Labute approximate surface area is 170 Å². The molecule has 2 aromatic carbocycles. The standard InChI is InChI=1S/C19H22O4S3/c20-7-8-22-9-10-23-18(21)19(13-24,14-3-1-5-16(25)11-14)15-4-2-6-17(26)12-15/h1-6,11-12,20,24-26H,7-10,13H2. The van der Waals surface area contributed by atoms with Gasteiger partial charge in [-0.2, -0.15) is 12.6 Å². The van der Waals surface area contributed by atoms with E-state index in [1.54, 1.807) is 0 Å². The van der Waals surface area contributed by atoms with Crippen LogP contribution in [0.2, 0.25) is 0 Å². The zero-order valence-electron chi connectivity index (χ0n) is 14.2. The van der Waals surface area contributed by atoms with Gasteiger partial charge in [-0.05, 0) is 35.4 Å². The fraction of sp³-hybridized carbons (Fsp3) is 0.316. The lowest BCUT2D eigenvalue weighted by Crippen LogP contribution is -2.41. The van der Waals surface area contributed by atoms with Gasteiger partial charge < -0.3 is 14.6 Å². The minimum Gasteiger partial charge on any atom is -0.462 e. The lowest BCUT2D eigenvalue weighted by atomic mass is 9.76. The van der Waals surface area contributed by atoms with Gasteiger partial charge in [0.05, 0.1) is 19.8 Å². The second kappa shape index (κ2) is 10.3. The fourth-order valence-electron chi connectivity index (χ4n) is 2.68. The van der Waals surface area contributed by atoms with Crippen LogP contribution in [-0.4, -0.2) is 43.3 Å². The first-order valence-electron chi connectivity index (χ1n) is 8.10. The van der Waals surface area contributed by atoms with Crippen LogP contribution in [0.4, 0.5) is 0 Å². The van der Waals surface area contributed by atoms with E-state index in [9.17, 15) is 4.79 Å². The second-order valence-corrected chi connectivity index (χ2v) is 6.99. The van der Waals surface area contributed by atoms with Gasteiger partial charge in [-0.3, -0.25) is 4.79 Å². The molecule has 1 N–H and O–H groups in total. The van der Waals surface area contributed by atoms with Gasteiger partial charge in [0, 0.05) is 15.5 Å². The average molecular weight is 411 g/mol. The highest BCUT2D eigenvalue weighted by Gasteiger charge is 2.42. The lowest BCUT2D eigenvalue weighted by Gasteiger charge is -2.31. The summed E-state index contributed by atoms with van der Waals surface area (Å²) in [6.45, 7) is 0.445. The highest BCUT2D eigenvalue weighted by atomic mass is 32.1. The number of thiol groups is 3. The van der Waals surface area contributed by atoms with Crippen LogP contribution in [0.25, 0.3) is 0 Å². The highest BCUT2D eigenvalue weighted by Crippen LogP contribution is 2.37. The molecule has 0 heterocycles. The van der Waals surface area contributed by atoms with Gasteiger partial charge in [0.15, 0.2) is 0 Å². The molecule has 4 nitrogen and oxygen atoms in total. The molecule has 0 spiro atoms. The molecule has 0 unspecified atom stereocenters. The molecule has 0 aromatic heterocycles. The van der Waals surface area contributed by atoms with Crippen molar-refractivity contribution in [2.45, 2.75) is 15.2 Å². The molecular formula is C19H22O4S3. The second-order valence-electron chi connectivity index (χ2n) is 5.64. The molecule has 2 aromatic rings. The van der Waals surface area contributed by atoms with Gasteiger partial charge in [0.1, 0.15) is 12.0 Å². The number of aliphatic hydroxyl groups is 1. The van der Waals surface area contributed by atoms with Gasteiger partial charge >= 0.3 is 5.97 Å². The van der Waals surface area contributed by atoms with Crippen LogP contribution in [0.5, 0.6) is 0 Å². The Bertz CT molecular complexity index is 691. The van der Waals surface area contributed by atoms with E-state index in [0.29, 0.717) is 0 Å². The molecule has 140 valence electrons. The Balaban J connectivity index is 2.39.